The minimum atomic E-state index is -2.69. The summed E-state index contributed by atoms with van der Waals surface area (Å²) < 4.78 is 32.1. The quantitative estimate of drug-likeness (QED) is 0.675. The van der Waals surface area contributed by atoms with Crippen LogP contribution in [0.15, 0.2) is 47.1 Å². The van der Waals surface area contributed by atoms with Crippen LogP contribution in [0.4, 0.5) is 8.78 Å². The number of aryl methyl sites for hydroxylation is 1. The van der Waals surface area contributed by atoms with Gasteiger partial charge < -0.3 is 9.32 Å². The number of benzene rings is 1. The Morgan fingerprint density at radius 3 is 2.73 bits per heavy atom. The van der Waals surface area contributed by atoms with E-state index in [1.165, 1.54) is 17.3 Å². The highest BCUT2D eigenvalue weighted by molar-refractivity contribution is 5.78. The van der Waals surface area contributed by atoms with Gasteiger partial charge in [0.05, 0.1) is 18.7 Å². The van der Waals surface area contributed by atoms with Crippen LogP contribution < -0.4 is 0 Å². The molecule has 0 N–H and O–H groups in total. The maximum atomic E-state index is 12.9. The molecule has 3 aromatic rings. The number of aromatic nitrogens is 3. The average molecular weight is 360 g/mol. The lowest BCUT2D eigenvalue weighted by atomic mass is 10.2. The molecule has 3 rings (SSSR count). The van der Waals surface area contributed by atoms with E-state index in [4.69, 9.17) is 4.42 Å². The standard InChI is InChI=1S/C18H18F2N4O2/c1-12-14(22-17(26-12)13-6-4-3-5-7-13)10-16(25)23(2)11-15-21-8-9-24(15)18(19)20/h3-9,18H,10-11H2,1-2H3. The number of nitrogens with zero attached hydrogens (tertiary/aromatic N) is 4. The van der Waals surface area contributed by atoms with Crippen molar-refractivity contribution in [2.24, 2.45) is 0 Å². The number of imidazole rings is 1. The highest BCUT2D eigenvalue weighted by Crippen LogP contribution is 2.22. The second kappa shape index (κ2) is 7.47. The summed E-state index contributed by atoms with van der Waals surface area (Å²) in [6, 6.07) is 9.37. The van der Waals surface area contributed by atoms with Crippen LogP contribution >= 0.6 is 0 Å². The zero-order chi connectivity index (χ0) is 18.7. The predicted molar refractivity (Wildman–Crippen MR) is 90.3 cm³/mol. The van der Waals surface area contributed by atoms with Gasteiger partial charge in [0.2, 0.25) is 11.8 Å². The fourth-order valence-corrected chi connectivity index (χ4v) is 2.52. The van der Waals surface area contributed by atoms with Gasteiger partial charge in [-0.1, -0.05) is 18.2 Å². The summed E-state index contributed by atoms with van der Waals surface area (Å²) in [7, 11) is 1.54. The molecular formula is C18H18F2N4O2. The maximum absolute atomic E-state index is 12.9. The van der Waals surface area contributed by atoms with Gasteiger partial charge in [-0.2, -0.15) is 8.78 Å². The Bertz CT molecular complexity index is 890. The van der Waals surface area contributed by atoms with Crippen LogP contribution in [0.1, 0.15) is 23.8 Å². The number of hydrogen-bond donors (Lipinski definition) is 0. The first-order valence-corrected chi connectivity index (χ1v) is 8.01. The second-order valence-electron chi connectivity index (χ2n) is 5.84. The SMILES string of the molecule is Cc1oc(-c2ccccc2)nc1CC(=O)N(C)Cc1nccn1C(F)F. The summed E-state index contributed by atoms with van der Waals surface area (Å²) in [5.74, 6) is 0.865. The first-order chi connectivity index (χ1) is 12.5. The van der Waals surface area contributed by atoms with Crippen molar-refractivity contribution >= 4 is 5.91 Å². The van der Waals surface area contributed by atoms with Crippen LogP contribution in [0.5, 0.6) is 0 Å². The summed E-state index contributed by atoms with van der Waals surface area (Å²) in [6.07, 6.45) is 2.49. The summed E-state index contributed by atoms with van der Waals surface area (Å²) in [4.78, 5) is 22.1. The third kappa shape index (κ3) is 3.79. The Hall–Kier alpha value is -3.03. The van der Waals surface area contributed by atoms with E-state index in [0.717, 1.165) is 10.1 Å². The largest absolute Gasteiger partial charge is 0.441 e. The van der Waals surface area contributed by atoms with Crippen molar-refractivity contribution in [3.8, 4) is 11.5 Å². The van der Waals surface area contributed by atoms with E-state index >= 15 is 0 Å². The van der Waals surface area contributed by atoms with Crippen molar-refractivity contribution < 1.29 is 18.0 Å². The lowest BCUT2D eigenvalue weighted by molar-refractivity contribution is -0.130. The molecule has 0 fully saturated rings. The highest BCUT2D eigenvalue weighted by Gasteiger charge is 2.19. The van der Waals surface area contributed by atoms with Crippen LogP contribution in [-0.4, -0.2) is 32.4 Å². The van der Waals surface area contributed by atoms with Gasteiger partial charge in [-0.25, -0.2) is 9.97 Å². The van der Waals surface area contributed by atoms with Crippen LogP contribution in [0, 0.1) is 6.92 Å². The van der Waals surface area contributed by atoms with Gasteiger partial charge in [-0.15, -0.1) is 0 Å². The van der Waals surface area contributed by atoms with Crippen molar-refractivity contribution in [3.63, 3.8) is 0 Å². The van der Waals surface area contributed by atoms with Crippen LogP contribution in [0.2, 0.25) is 0 Å². The van der Waals surface area contributed by atoms with Gasteiger partial charge in [-0.05, 0) is 19.1 Å². The van der Waals surface area contributed by atoms with E-state index in [2.05, 4.69) is 9.97 Å². The zero-order valence-electron chi connectivity index (χ0n) is 14.4. The monoisotopic (exact) mass is 360 g/mol. The minimum Gasteiger partial charge on any atom is -0.441 e. The van der Waals surface area contributed by atoms with Gasteiger partial charge in [0.25, 0.3) is 0 Å². The van der Waals surface area contributed by atoms with Crippen molar-refractivity contribution in [2.45, 2.75) is 26.4 Å². The Balaban J connectivity index is 1.70. The maximum Gasteiger partial charge on any atom is 0.319 e. The zero-order valence-corrected chi connectivity index (χ0v) is 14.4. The van der Waals surface area contributed by atoms with Crippen molar-refractivity contribution in [1.29, 1.82) is 0 Å². The van der Waals surface area contributed by atoms with Crippen LogP contribution in [0.3, 0.4) is 0 Å². The van der Waals surface area contributed by atoms with Gasteiger partial charge in [0, 0.05) is 25.0 Å². The molecular weight excluding hydrogens is 342 g/mol. The number of hydrogen-bond acceptors (Lipinski definition) is 4. The van der Waals surface area contributed by atoms with E-state index in [1.807, 2.05) is 30.3 Å². The summed E-state index contributed by atoms with van der Waals surface area (Å²) >= 11 is 0. The molecule has 6 nitrogen and oxygen atoms in total. The molecule has 0 atom stereocenters. The molecule has 26 heavy (non-hydrogen) atoms. The lowest BCUT2D eigenvalue weighted by Crippen LogP contribution is -2.29. The summed E-state index contributed by atoms with van der Waals surface area (Å²) in [5, 5.41) is 0. The molecule has 8 heteroatoms. The average Bonchev–Trinajstić information content (AvgIpc) is 3.23. The van der Waals surface area contributed by atoms with E-state index in [1.54, 1.807) is 14.0 Å². The van der Waals surface area contributed by atoms with Crippen LogP contribution in [0.25, 0.3) is 11.5 Å². The van der Waals surface area contributed by atoms with Gasteiger partial charge in [-0.3, -0.25) is 9.36 Å². The minimum absolute atomic E-state index is 0.0153. The van der Waals surface area contributed by atoms with E-state index in [9.17, 15) is 13.6 Å². The smallest absolute Gasteiger partial charge is 0.319 e. The third-order valence-electron chi connectivity index (χ3n) is 4.00. The number of carbonyl (C=O) groups is 1. The van der Waals surface area contributed by atoms with E-state index in [0.29, 0.717) is 17.3 Å². The molecule has 1 amide bonds. The van der Waals surface area contributed by atoms with Crippen molar-refractivity contribution in [3.05, 3.63) is 60.0 Å². The molecule has 0 bridgehead atoms. The number of amides is 1. The third-order valence-corrected chi connectivity index (χ3v) is 4.00. The number of oxazole rings is 1. The molecule has 0 spiro atoms. The number of halogens is 2. The van der Waals surface area contributed by atoms with Gasteiger partial charge in [0.1, 0.15) is 11.6 Å². The van der Waals surface area contributed by atoms with E-state index in [-0.39, 0.29) is 24.7 Å². The number of carbonyl (C=O) groups excluding carboxylic acids is 1. The molecule has 0 aliphatic heterocycles. The van der Waals surface area contributed by atoms with Crippen LogP contribution in [-0.2, 0) is 17.8 Å². The number of rotatable bonds is 6. The van der Waals surface area contributed by atoms with Gasteiger partial charge in [0.15, 0.2) is 0 Å². The molecule has 0 aliphatic carbocycles. The Morgan fingerprint density at radius 1 is 1.31 bits per heavy atom. The Morgan fingerprint density at radius 2 is 2.04 bits per heavy atom. The predicted octanol–water partition coefficient (Wildman–Crippen LogP) is 3.44. The van der Waals surface area contributed by atoms with Gasteiger partial charge >= 0.3 is 6.55 Å². The molecule has 1 aromatic carbocycles. The second-order valence-corrected chi connectivity index (χ2v) is 5.84. The first kappa shape index (κ1) is 17.8. The molecule has 0 saturated heterocycles. The molecule has 136 valence electrons. The Kier molecular flexibility index (Phi) is 5.11. The first-order valence-electron chi connectivity index (χ1n) is 8.01. The molecule has 0 saturated carbocycles. The van der Waals surface area contributed by atoms with E-state index < -0.39 is 6.55 Å². The highest BCUT2D eigenvalue weighted by atomic mass is 19.3. The normalized spacial score (nSPS) is 11.1. The molecule has 2 heterocycles. The molecule has 0 aliphatic rings. The summed E-state index contributed by atoms with van der Waals surface area (Å²) in [6.45, 7) is -0.966. The Labute approximate surface area is 149 Å². The van der Waals surface area contributed by atoms with Crippen molar-refractivity contribution in [1.82, 2.24) is 19.4 Å². The summed E-state index contributed by atoms with van der Waals surface area (Å²) in [5.41, 5.74) is 1.35. The molecule has 0 unspecified atom stereocenters. The fraction of sp³-hybridized carbons (Fsp3) is 0.278. The number of alkyl halides is 2. The molecule has 0 radical (unpaired) electrons. The lowest BCUT2D eigenvalue weighted by Gasteiger charge is -2.17. The molecule has 2 aromatic heterocycles. The fourth-order valence-electron chi connectivity index (χ4n) is 2.52. The van der Waals surface area contributed by atoms with Crippen molar-refractivity contribution in [2.75, 3.05) is 7.05 Å². The number of likely N-dealkylation sites (N-methyl/N-ethyl adjacent to an activating group) is 1. The topological polar surface area (TPSA) is 64.2 Å².